The second kappa shape index (κ2) is 7.08. The van der Waals surface area contributed by atoms with E-state index in [2.05, 4.69) is 15.3 Å². The van der Waals surface area contributed by atoms with Crippen LogP contribution in [-0.2, 0) is 6.54 Å². The minimum atomic E-state index is -0.272. The first-order valence-corrected chi connectivity index (χ1v) is 7.42. The molecule has 8 heteroatoms. The summed E-state index contributed by atoms with van der Waals surface area (Å²) < 4.78 is 10.1. The third kappa shape index (κ3) is 3.64. The number of anilines is 1. The summed E-state index contributed by atoms with van der Waals surface area (Å²) in [7, 11) is 6.82. The zero-order valence-corrected chi connectivity index (χ0v) is 13.7. The van der Waals surface area contributed by atoms with Crippen LogP contribution in [0.25, 0.3) is 0 Å². The van der Waals surface area contributed by atoms with E-state index in [4.69, 9.17) is 9.47 Å². The van der Waals surface area contributed by atoms with E-state index in [1.807, 2.05) is 24.4 Å². The number of carbonyl (C=O) groups excluding carboxylic acids is 1. The third-order valence-electron chi connectivity index (χ3n) is 2.83. The maximum atomic E-state index is 12.2. The molecule has 2 aromatic heterocycles. The number of nitrogens with zero attached hydrogens (tertiary/aromatic N) is 3. The number of rotatable bonds is 6. The first-order valence-electron chi connectivity index (χ1n) is 6.54. The van der Waals surface area contributed by atoms with Crippen molar-refractivity contribution in [1.82, 2.24) is 15.3 Å². The molecule has 7 nitrogen and oxygen atoms in total. The highest BCUT2D eigenvalue weighted by Gasteiger charge is 2.15. The molecule has 2 heterocycles. The van der Waals surface area contributed by atoms with Gasteiger partial charge in [-0.15, -0.1) is 11.3 Å². The molecule has 0 bridgehead atoms. The van der Waals surface area contributed by atoms with Gasteiger partial charge in [0.25, 0.3) is 5.91 Å². The van der Waals surface area contributed by atoms with Crippen LogP contribution in [0.4, 0.5) is 5.13 Å². The molecule has 0 aliphatic carbocycles. The molecule has 2 rings (SSSR count). The molecule has 0 atom stereocenters. The van der Waals surface area contributed by atoms with Crippen molar-refractivity contribution in [2.24, 2.45) is 0 Å². The number of hydrogen-bond donors (Lipinski definition) is 1. The number of hydrogen-bond acceptors (Lipinski definition) is 7. The number of methoxy groups -OCH3 is 2. The minimum Gasteiger partial charge on any atom is -0.481 e. The van der Waals surface area contributed by atoms with Crippen molar-refractivity contribution < 1.29 is 14.3 Å². The molecular weight excluding hydrogens is 304 g/mol. The Balaban J connectivity index is 2.05. The zero-order chi connectivity index (χ0) is 16.1. The highest BCUT2D eigenvalue weighted by molar-refractivity contribution is 7.13. The smallest absolute Gasteiger partial charge is 0.257 e. The van der Waals surface area contributed by atoms with Crippen LogP contribution in [0.2, 0.25) is 0 Å². The molecule has 0 saturated heterocycles. The molecular formula is C14H18N4O3S. The molecule has 2 aromatic rings. The summed E-state index contributed by atoms with van der Waals surface area (Å²) in [5.74, 6) is 0.346. The number of pyridine rings is 1. The summed E-state index contributed by atoms with van der Waals surface area (Å²) >= 11 is 1.53. The molecule has 22 heavy (non-hydrogen) atoms. The highest BCUT2D eigenvalue weighted by atomic mass is 32.1. The first kappa shape index (κ1) is 16.0. The lowest BCUT2D eigenvalue weighted by molar-refractivity contribution is 0.0946. The quantitative estimate of drug-likeness (QED) is 0.869. The Hall–Kier alpha value is -2.35. The van der Waals surface area contributed by atoms with Crippen molar-refractivity contribution in [1.29, 1.82) is 0 Å². The summed E-state index contributed by atoms with van der Waals surface area (Å²) in [6.07, 6.45) is 0. The normalized spacial score (nSPS) is 10.2. The number of carbonyl (C=O) groups is 1. The number of amides is 1. The van der Waals surface area contributed by atoms with E-state index in [1.165, 1.54) is 25.6 Å². The minimum absolute atomic E-state index is 0.226. The van der Waals surface area contributed by atoms with Gasteiger partial charge in [-0.05, 0) is 6.07 Å². The largest absolute Gasteiger partial charge is 0.481 e. The van der Waals surface area contributed by atoms with Gasteiger partial charge in [0.05, 0.1) is 26.5 Å². The number of aromatic nitrogens is 2. The Morgan fingerprint density at radius 3 is 2.64 bits per heavy atom. The molecule has 1 amide bonds. The van der Waals surface area contributed by atoms with Gasteiger partial charge in [-0.2, -0.15) is 4.98 Å². The van der Waals surface area contributed by atoms with Gasteiger partial charge in [-0.25, -0.2) is 4.98 Å². The van der Waals surface area contributed by atoms with Crippen LogP contribution in [0.15, 0.2) is 17.5 Å². The van der Waals surface area contributed by atoms with Crippen LogP contribution < -0.4 is 19.7 Å². The molecule has 0 fully saturated rings. The van der Waals surface area contributed by atoms with Crippen LogP contribution in [0.1, 0.15) is 16.1 Å². The number of thiazole rings is 1. The summed E-state index contributed by atoms with van der Waals surface area (Å²) in [4.78, 5) is 22.7. The van der Waals surface area contributed by atoms with Crippen LogP contribution in [0.5, 0.6) is 11.8 Å². The fraction of sp³-hybridized carbons (Fsp3) is 0.357. The summed E-state index contributed by atoms with van der Waals surface area (Å²) in [5, 5.41) is 5.62. The van der Waals surface area contributed by atoms with Crippen molar-refractivity contribution in [2.75, 3.05) is 33.2 Å². The van der Waals surface area contributed by atoms with E-state index in [0.717, 1.165) is 10.8 Å². The van der Waals surface area contributed by atoms with Gasteiger partial charge >= 0.3 is 0 Å². The number of ether oxygens (including phenoxy) is 2. The molecule has 118 valence electrons. The van der Waals surface area contributed by atoms with Gasteiger partial charge in [0.1, 0.15) is 5.56 Å². The Morgan fingerprint density at radius 2 is 2.05 bits per heavy atom. The van der Waals surface area contributed by atoms with Gasteiger partial charge in [-0.1, -0.05) is 0 Å². The first-order chi connectivity index (χ1) is 10.5. The van der Waals surface area contributed by atoms with Gasteiger partial charge in [0.15, 0.2) is 5.13 Å². The van der Waals surface area contributed by atoms with Crippen molar-refractivity contribution >= 4 is 22.4 Å². The molecule has 0 spiro atoms. The monoisotopic (exact) mass is 322 g/mol. The molecule has 0 aliphatic heterocycles. The second-order valence-electron chi connectivity index (χ2n) is 4.61. The Kier molecular flexibility index (Phi) is 5.16. The van der Waals surface area contributed by atoms with Crippen LogP contribution in [0.3, 0.4) is 0 Å². The summed E-state index contributed by atoms with van der Waals surface area (Å²) in [6, 6.07) is 3.23. The molecule has 0 aliphatic rings. The van der Waals surface area contributed by atoms with Gasteiger partial charge in [0.2, 0.25) is 11.8 Å². The zero-order valence-electron chi connectivity index (χ0n) is 12.9. The molecule has 0 aromatic carbocycles. The lowest BCUT2D eigenvalue weighted by Gasteiger charge is -2.09. The second-order valence-corrected chi connectivity index (χ2v) is 5.45. The molecule has 0 radical (unpaired) electrons. The van der Waals surface area contributed by atoms with Gasteiger partial charge in [0, 0.05) is 25.5 Å². The van der Waals surface area contributed by atoms with E-state index in [1.54, 1.807) is 12.1 Å². The van der Waals surface area contributed by atoms with Crippen LogP contribution in [0, 0.1) is 0 Å². The van der Waals surface area contributed by atoms with E-state index in [9.17, 15) is 4.79 Å². The average Bonchev–Trinajstić information content (AvgIpc) is 3.01. The molecule has 1 N–H and O–H groups in total. The predicted octanol–water partition coefficient (Wildman–Crippen LogP) is 1.55. The fourth-order valence-corrected chi connectivity index (χ4v) is 2.47. The van der Waals surface area contributed by atoms with Crippen LogP contribution in [-0.4, -0.2) is 44.2 Å². The highest BCUT2D eigenvalue weighted by Crippen LogP contribution is 2.20. The summed E-state index contributed by atoms with van der Waals surface area (Å²) in [6.45, 7) is 0.346. The Morgan fingerprint density at radius 1 is 1.27 bits per heavy atom. The standard InChI is InChI=1S/C14H18N4O3S/c1-18(2)14-16-9(8-22-14)7-15-12(19)10-5-6-11(20-3)17-13(10)21-4/h5-6,8H,7H2,1-4H3,(H,15,19). The van der Waals surface area contributed by atoms with E-state index in [-0.39, 0.29) is 11.8 Å². The molecule has 0 saturated carbocycles. The van der Waals surface area contributed by atoms with Crippen molar-refractivity contribution in [3.05, 3.63) is 28.8 Å². The topological polar surface area (TPSA) is 76.6 Å². The third-order valence-corrected chi connectivity index (χ3v) is 3.89. The van der Waals surface area contributed by atoms with Crippen molar-refractivity contribution in [3.8, 4) is 11.8 Å². The SMILES string of the molecule is COc1ccc(C(=O)NCc2csc(N(C)C)n2)c(OC)n1. The van der Waals surface area contributed by atoms with Crippen molar-refractivity contribution in [3.63, 3.8) is 0 Å². The average molecular weight is 322 g/mol. The Bertz CT molecular complexity index is 657. The van der Waals surface area contributed by atoms with Gasteiger partial charge < -0.3 is 19.7 Å². The summed E-state index contributed by atoms with van der Waals surface area (Å²) in [5.41, 5.74) is 1.16. The van der Waals surface area contributed by atoms with Gasteiger partial charge in [-0.3, -0.25) is 4.79 Å². The fourth-order valence-electron chi connectivity index (χ4n) is 1.71. The molecule has 0 unspecified atom stereocenters. The maximum absolute atomic E-state index is 12.2. The Labute approximate surface area is 132 Å². The van der Waals surface area contributed by atoms with E-state index in [0.29, 0.717) is 18.0 Å². The lowest BCUT2D eigenvalue weighted by atomic mass is 10.2. The van der Waals surface area contributed by atoms with E-state index < -0.39 is 0 Å². The predicted molar refractivity (Wildman–Crippen MR) is 85.0 cm³/mol. The number of nitrogens with one attached hydrogen (secondary N) is 1. The maximum Gasteiger partial charge on any atom is 0.257 e. The van der Waals surface area contributed by atoms with E-state index >= 15 is 0 Å². The van der Waals surface area contributed by atoms with Crippen molar-refractivity contribution in [2.45, 2.75) is 6.54 Å². The van der Waals surface area contributed by atoms with Crippen LogP contribution >= 0.6 is 11.3 Å². The lowest BCUT2D eigenvalue weighted by Crippen LogP contribution is -2.24.